The zero-order chi connectivity index (χ0) is 21.7. The lowest BCUT2D eigenvalue weighted by Gasteiger charge is -2.13. The summed E-state index contributed by atoms with van der Waals surface area (Å²) in [5, 5.41) is 12.1. The zero-order valence-electron chi connectivity index (χ0n) is 16.5. The Labute approximate surface area is 172 Å². The van der Waals surface area contributed by atoms with E-state index in [4.69, 9.17) is 19.0 Å². The Morgan fingerprint density at radius 1 is 1.10 bits per heavy atom. The van der Waals surface area contributed by atoms with Crippen molar-refractivity contribution in [2.24, 2.45) is 0 Å². The van der Waals surface area contributed by atoms with Gasteiger partial charge in [0.25, 0.3) is 5.91 Å². The lowest BCUT2D eigenvalue weighted by Crippen LogP contribution is -2.42. The van der Waals surface area contributed by atoms with Crippen LogP contribution >= 0.6 is 0 Å². The van der Waals surface area contributed by atoms with Gasteiger partial charge in [-0.1, -0.05) is 19.1 Å². The molecule has 8 nitrogen and oxygen atoms in total. The Kier molecular flexibility index (Phi) is 6.36. The number of hydrogen-bond acceptors (Lipinski definition) is 6. The van der Waals surface area contributed by atoms with Gasteiger partial charge < -0.3 is 24.3 Å². The van der Waals surface area contributed by atoms with Gasteiger partial charge in [0.1, 0.15) is 23.1 Å². The number of aliphatic carboxylic acids is 1. The first-order chi connectivity index (χ1) is 14.4. The monoisotopic (exact) mass is 411 g/mol. The number of carbonyl (C=O) groups excluding carboxylic acids is 1. The molecule has 0 bridgehead atoms. The predicted octanol–water partition coefficient (Wildman–Crippen LogP) is 2.83. The highest BCUT2D eigenvalue weighted by atomic mass is 16.5. The topological polar surface area (TPSA) is 115 Å². The number of carboxylic acids is 1. The number of carboxylic acid groups (broad SMARTS) is 1. The molecular formula is C22H21NO7. The van der Waals surface area contributed by atoms with Gasteiger partial charge in [0.05, 0.1) is 7.11 Å². The Morgan fingerprint density at radius 2 is 1.80 bits per heavy atom. The van der Waals surface area contributed by atoms with Gasteiger partial charge >= 0.3 is 11.6 Å². The average Bonchev–Trinajstić information content (AvgIpc) is 2.75. The summed E-state index contributed by atoms with van der Waals surface area (Å²) in [5.74, 6) is -0.647. The quantitative estimate of drug-likeness (QED) is 0.548. The number of benzene rings is 2. The largest absolute Gasteiger partial charge is 0.497 e. The van der Waals surface area contributed by atoms with Crippen LogP contribution in [-0.4, -0.2) is 36.7 Å². The molecule has 0 radical (unpaired) electrons. The summed E-state index contributed by atoms with van der Waals surface area (Å²) in [4.78, 5) is 35.0. The summed E-state index contributed by atoms with van der Waals surface area (Å²) in [7, 11) is 1.58. The number of methoxy groups -OCH3 is 1. The molecule has 2 aromatic carbocycles. The fourth-order valence-electron chi connectivity index (χ4n) is 2.97. The molecular weight excluding hydrogens is 390 g/mol. The van der Waals surface area contributed by atoms with Crippen LogP contribution in [0.5, 0.6) is 11.5 Å². The molecule has 1 unspecified atom stereocenters. The summed E-state index contributed by atoms with van der Waals surface area (Å²) in [6, 6.07) is 12.6. The fourth-order valence-corrected chi connectivity index (χ4v) is 2.97. The highest BCUT2D eigenvalue weighted by molar-refractivity contribution is 5.94. The van der Waals surface area contributed by atoms with Crippen molar-refractivity contribution in [3.05, 3.63) is 59.0 Å². The highest BCUT2D eigenvalue weighted by Gasteiger charge is 2.18. The van der Waals surface area contributed by atoms with Gasteiger partial charge in [-0.3, -0.25) is 4.79 Å². The minimum absolute atomic E-state index is 0.260. The summed E-state index contributed by atoms with van der Waals surface area (Å²) in [5.41, 5.74) is 1.31. The van der Waals surface area contributed by atoms with Gasteiger partial charge in [0.15, 0.2) is 6.61 Å². The van der Waals surface area contributed by atoms with Crippen molar-refractivity contribution in [2.45, 2.75) is 19.4 Å². The van der Waals surface area contributed by atoms with Crippen LogP contribution < -0.4 is 20.4 Å². The maximum absolute atomic E-state index is 12.0. The Hall–Kier alpha value is -3.81. The third-order valence-electron chi connectivity index (χ3n) is 4.53. The van der Waals surface area contributed by atoms with E-state index in [1.807, 2.05) is 12.1 Å². The van der Waals surface area contributed by atoms with Gasteiger partial charge in [-0.25, -0.2) is 9.59 Å². The predicted molar refractivity (Wildman–Crippen MR) is 110 cm³/mol. The lowest BCUT2D eigenvalue weighted by atomic mass is 10.0. The van der Waals surface area contributed by atoms with E-state index in [2.05, 4.69) is 5.32 Å². The van der Waals surface area contributed by atoms with Crippen LogP contribution in [0, 0.1) is 0 Å². The summed E-state index contributed by atoms with van der Waals surface area (Å²) in [6.07, 6.45) is 0.260. The van der Waals surface area contributed by atoms with E-state index in [9.17, 15) is 14.4 Å². The van der Waals surface area contributed by atoms with Crippen molar-refractivity contribution >= 4 is 22.8 Å². The molecule has 3 rings (SSSR count). The normalized spacial score (nSPS) is 11.7. The van der Waals surface area contributed by atoms with Gasteiger partial charge in [-0.05, 0) is 41.8 Å². The second-order valence-electron chi connectivity index (χ2n) is 6.52. The van der Waals surface area contributed by atoms with Crippen molar-refractivity contribution in [3.63, 3.8) is 0 Å². The maximum atomic E-state index is 12.0. The molecule has 8 heteroatoms. The first kappa shape index (κ1) is 20.9. The SMILES string of the molecule is CCC(NC(=O)COc1ccc2c(-c3ccc(OC)cc3)cc(=O)oc2c1)C(=O)O. The Bertz CT molecular complexity index is 1120. The number of rotatable bonds is 8. The van der Waals surface area contributed by atoms with E-state index in [0.717, 1.165) is 5.56 Å². The zero-order valence-corrected chi connectivity index (χ0v) is 16.5. The van der Waals surface area contributed by atoms with Gasteiger partial charge in [0, 0.05) is 17.5 Å². The molecule has 1 amide bonds. The number of amides is 1. The van der Waals surface area contributed by atoms with E-state index in [1.165, 1.54) is 12.1 Å². The van der Waals surface area contributed by atoms with Crippen LogP contribution in [0.25, 0.3) is 22.1 Å². The molecule has 0 saturated heterocycles. The Morgan fingerprint density at radius 3 is 2.43 bits per heavy atom. The van der Waals surface area contributed by atoms with Crippen LogP contribution in [0.15, 0.2) is 57.7 Å². The molecule has 3 aromatic rings. The number of nitrogens with one attached hydrogen (secondary N) is 1. The number of carbonyl (C=O) groups is 2. The number of ether oxygens (including phenoxy) is 2. The average molecular weight is 411 g/mol. The minimum atomic E-state index is -1.11. The highest BCUT2D eigenvalue weighted by Crippen LogP contribution is 2.30. The Balaban J connectivity index is 1.82. The van der Waals surface area contributed by atoms with Crippen molar-refractivity contribution in [2.75, 3.05) is 13.7 Å². The van der Waals surface area contributed by atoms with Crippen LogP contribution in [0.1, 0.15) is 13.3 Å². The first-order valence-corrected chi connectivity index (χ1v) is 9.28. The van der Waals surface area contributed by atoms with E-state index in [1.54, 1.807) is 38.3 Å². The van der Waals surface area contributed by atoms with Crippen LogP contribution in [0.4, 0.5) is 0 Å². The number of hydrogen-bond donors (Lipinski definition) is 2. The second-order valence-corrected chi connectivity index (χ2v) is 6.52. The van der Waals surface area contributed by atoms with Gasteiger partial charge in [-0.15, -0.1) is 0 Å². The molecule has 0 aliphatic carbocycles. The third kappa shape index (κ3) is 4.78. The molecule has 0 saturated carbocycles. The van der Waals surface area contributed by atoms with Crippen molar-refractivity contribution in [1.29, 1.82) is 0 Å². The summed E-state index contributed by atoms with van der Waals surface area (Å²) in [6.45, 7) is 1.30. The number of fused-ring (bicyclic) bond motifs is 1. The molecule has 0 spiro atoms. The van der Waals surface area contributed by atoms with Gasteiger partial charge in [-0.2, -0.15) is 0 Å². The van der Waals surface area contributed by atoms with E-state index < -0.39 is 23.5 Å². The summed E-state index contributed by atoms with van der Waals surface area (Å²) < 4.78 is 15.9. The molecule has 1 aromatic heterocycles. The van der Waals surface area contributed by atoms with Crippen molar-refractivity contribution in [1.82, 2.24) is 5.32 Å². The van der Waals surface area contributed by atoms with Gasteiger partial charge in [0.2, 0.25) is 0 Å². The molecule has 0 aliphatic heterocycles. The molecule has 1 heterocycles. The molecule has 0 fully saturated rings. The molecule has 0 aliphatic rings. The standard InChI is InChI=1S/C22H21NO7/c1-3-18(22(26)27)23-20(24)12-29-15-8-9-16-17(11-21(25)30-19(16)10-15)13-4-6-14(28-2)7-5-13/h4-11,18H,3,12H2,1-2H3,(H,23,24)(H,26,27). The molecule has 156 valence electrons. The fraction of sp³-hybridized carbons (Fsp3) is 0.227. The third-order valence-corrected chi connectivity index (χ3v) is 4.53. The van der Waals surface area contributed by atoms with Crippen LogP contribution in [0.3, 0.4) is 0 Å². The summed E-state index contributed by atoms with van der Waals surface area (Å²) >= 11 is 0. The van der Waals surface area contributed by atoms with Crippen LogP contribution in [-0.2, 0) is 9.59 Å². The minimum Gasteiger partial charge on any atom is -0.497 e. The van der Waals surface area contributed by atoms with E-state index in [0.29, 0.717) is 28.0 Å². The molecule has 1 atom stereocenters. The van der Waals surface area contributed by atoms with E-state index >= 15 is 0 Å². The lowest BCUT2D eigenvalue weighted by molar-refractivity contribution is -0.142. The molecule has 2 N–H and O–H groups in total. The van der Waals surface area contributed by atoms with Crippen LogP contribution in [0.2, 0.25) is 0 Å². The maximum Gasteiger partial charge on any atom is 0.336 e. The van der Waals surface area contributed by atoms with E-state index in [-0.39, 0.29) is 13.0 Å². The first-order valence-electron chi connectivity index (χ1n) is 9.28. The van der Waals surface area contributed by atoms with Crippen molar-refractivity contribution in [3.8, 4) is 22.6 Å². The molecule has 30 heavy (non-hydrogen) atoms. The van der Waals surface area contributed by atoms with Crippen molar-refractivity contribution < 1.29 is 28.6 Å². The smallest absolute Gasteiger partial charge is 0.336 e. The second kappa shape index (κ2) is 9.13.